The van der Waals surface area contributed by atoms with Crippen LogP contribution in [0, 0.1) is 5.41 Å². The highest BCUT2D eigenvalue weighted by atomic mass is 32.2. The molecule has 3 aromatic rings. The van der Waals surface area contributed by atoms with Gasteiger partial charge in [0.1, 0.15) is 12.2 Å². The fraction of sp³-hybridized carbons (Fsp3) is 0.269. The van der Waals surface area contributed by atoms with Crippen LogP contribution >= 0.6 is 20.0 Å². The molecule has 5 nitrogen and oxygen atoms in total. The number of ether oxygens (including phenoxy) is 1. The van der Waals surface area contributed by atoms with E-state index in [9.17, 15) is 14.3 Å². The predicted molar refractivity (Wildman–Crippen MR) is 130 cm³/mol. The van der Waals surface area contributed by atoms with Crippen molar-refractivity contribution in [1.29, 1.82) is 0 Å². The highest BCUT2D eigenvalue weighted by Crippen LogP contribution is 2.42. The molecular weight excluding hydrogens is 455 g/mol. The molecule has 0 heterocycles. The molecule has 0 aromatic heterocycles. The monoisotopic (exact) mass is 482 g/mol. The van der Waals surface area contributed by atoms with Crippen LogP contribution in [0.25, 0.3) is 0 Å². The summed E-state index contributed by atoms with van der Waals surface area (Å²) in [5.41, 5.74) is 1.17. The van der Waals surface area contributed by atoms with Gasteiger partial charge in [-0.25, -0.2) is 0 Å². The Morgan fingerprint density at radius 2 is 1.27 bits per heavy atom. The van der Waals surface area contributed by atoms with Gasteiger partial charge in [0.25, 0.3) is 0 Å². The molecule has 1 unspecified atom stereocenters. The molecule has 0 fully saturated rings. The first kappa shape index (κ1) is 25.3. The quantitative estimate of drug-likeness (QED) is 0.209. The molecule has 1 atom stereocenters. The highest BCUT2D eigenvalue weighted by Gasteiger charge is 2.40. The third kappa shape index (κ3) is 6.38. The van der Waals surface area contributed by atoms with Gasteiger partial charge in [0, 0.05) is 5.75 Å². The molecule has 3 rings (SSSR count). The van der Waals surface area contributed by atoms with Gasteiger partial charge in [-0.3, -0.25) is 4.79 Å². The van der Waals surface area contributed by atoms with E-state index < -0.39 is 19.3 Å². The van der Waals surface area contributed by atoms with E-state index in [1.165, 1.54) is 0 Å². The summed E-state index contributed by atoms with van der Waals surface area (Å²) >= 11 is 1.05. The number of carbonyl (C=O) groups excluding carboxylic acids is 1. The summed E-state index contributed by atoms with van der Waals surface area (Å²) in [5.74, 6) is 0.257. The fourth-order valence-corrected chi connectivity index (χ4v) is 4.72. The van der Waals surface area contributed by atoms with Gasteiger partial charge in [-0.2, -0.15) is 0 Å². The van der Waals surface area contributed by atoms with Crippen molar-refractivity contribution in [2.75, 3.05) is 19.0 Å². The van der Waals surface area contributed by atoms with Crippen molar-refractivity contribution in [1.82, 2.24) is 0 Å². The van der Waals surface area contributed by atoms with Crippen LogP contribution in [0.15, 0.2) is 91.0 Å². The molecule has 0 spiro atoms. The summed E-state index contributed by atoms with van der Waals surface area (Å²) in [6.07, 6.45) is 0. The molecule has 7 heteroatoms. The van der Waals surface area contributed by atoms with Crippen LogP contribution in [0.5, 0.6) is 0 Å². The Morgan fingerprint density at radius 3 is 1.67 bits per heavy atom. The molecule has 0 saturated carbocycles. The molecule has 0 aliphatic carbocycles. The fourth-order valence-electron chi connectivity index (χ4n) is 3.56. The van der Waals surface area contributed by atoms with Gasteiger partial charge in [-0.05, 0) is 35.1 Å². The van der Waals surface area contributed by atoms with Crippen molar-refractivity contribution in [2.24, 2.45) is 5.41 Å². The maximum absolute atomic E-state index is 12.9. The average molecular weight is 483 g/mol. The van der Waals surface area contributed by atoms with Crippen LogP contribution in [0.3, 0.4) is 0 Å². The van der Waals surface area contributed by atoms with Crippen LogP contribution < -0.4 is 4.89 Å². The third-order valence-electron chi connectivity index (χ3n) is 5.26. The van der Waals surface area contributed by atoms with E-state index in [0.29, 0.717) is 0 Å². The van der Waals surface area contributed by atoms with Crippen LogP contribution in [0.2, 0.25) is 0 Å². The topological polar surface area (TPSA) is 75.7 Å². The van der Waals surface area contributed by atoms with Crippen molar-refractivity contribution in [3.05, 3.63) is 108 Å². The molecule has 0 radical (unpaired) electrons. The van der Waals surface area contributed by atoms with Gasteiger partial charge in [0.15, 0.2) is 5.12 Å². The standard InChI is InChI=1S/C26H27O5PS/c1-25(2,24(27)33-19-18-31-32(28)29)20-30-26(21-12-6-3-7-13-21,22-14-8-4-9-15-22)23-16-10-5-11-17-23/h3-17H,18-20H2,1-2H3. The van der Waals surface area contributed by atoms with Crippen LogP contribution in [-0.4, -0.2) is 24.1 Å². The van der Waals surface area contributed by atoms with Gasteiger partial charge >= 0.3 is 8.25 Å². The van der Waals surface area contributed by atoms with E-state index in [0.717, 1.165) is 28.5 Å². The lowest BCUT2D eigenvalue weighted by atomic mass is 9.79. The number of hydrogen-bond acceptors (Lipinski definition) is 6. The first-order chi connectivity index (χ1) is 15.9. The Labute approximate surface area is 200 Å². The van der Waals surface area contributed by atoms with E-state index in [2.05, 4.69) is 4.52 Å². The largest absolute Gasteiger partial charge is 0.566 e. The Hall–Kier alpha value is -2.34. The SMILES string of the molecule is CC(C)(COC(c1ccccc1)(c1ccccc1)c1ccccc1)C(=O)SCCO[P+](=O)[O-]. The zero-order valence-corrected chi connectivity index (χ0v) is 20.4. The molecule has 0 aliphatic heterocycles. The van der Waals surface area contributed by atoms with E-state index in [-0.39, 0.29) is 24.1 Å². The first-order valence-electron chi connectivity index (χ1n) is 10.6. The molecule has 3 aromatic carbocycles. The second-order valence-corrected chi connectivity index (χ2v) is 9.92. The van der Waals surface area contributed by atoms with Crippen LogP contribution in [0.1, 0.15) is 30.5 Å². The molecular formula is C26H27O5PS. The molecule has 0 saturated heterocycles. The third-order valence-corrected chi connectivity index (χ3v) is 6.84. The Kier molecular flexibility index (Phi) is 8.95. The maximum Gasteiger partial charge on any atom is 0.488 e. The van der Waals surface area contributed by atoms with Gasteiger partial charge in [0.05, 0.1) is 12.0 Å². The second kappa shape index (κ2) is 11.7. The Balaban J connectivity index is 1.94. The van der Waals surface area contributed by atoms with Gasteiger partial charge in [0.2, 0.25) is 0 Å². The van der Waals surface area contributed by atoms with Crippen LogP contribution in [-0.2, 0) is 24.2 Å². The maximum atomic E-state index is 12.9. The van der Waals surface area contributed by atoms with Gasteiger partial charge in [-0.1, -0.05) is 103 Å². The van der Waals surface area contributed by atoms with E-state index >= 15 is 0 Å². The zero-order chi connectivity index (χ0) is 23.7. The highest BCUT2D eigenvalue weighted by molar-refractivity contribution is 8.13. The Morgan fingerprint density at radius 1 is 0.848 bits per heavy atom. The average Bonchev–Trinajstić information content (AvgIpc) is 2.84. The molecule has 0 bridgehead atoms. The number of benzene rings is 3. The van der Waals surface area contributed by atoms with Gasteiger partial charge < -0.3 is 9.63 Å². The summed E-state index contributed by atoms with van der Waals surface area (Å²) < 4.78 is 21.9. The molecule has 172 valence electrons. The molecule has 0 aliphatic rings. The lowest BCUT2D eigenvalue weighted by Crippen LogP contribution is -2.38. The van der Waals surface area contributed by atoms with Crippen molar-refractivity contribution in [3.63, 3.8) is 0 Å². The van der Waals surface area contributed by atoms with Crippen molar-refractivity contribution in [2.45, 2.75) is 19.4 Å². The normalized spacial score (nSPS) is 12.4. The minimum absolute atomic E-state index is 0.0337. The number of hydrogen-bond donors (Lipinski definition) is 0. The Bertz CT molecular complexity index is 945. The van der Waals surface area contributed by atoms with Crippen molar-refractivity contribution in [3.8, 4) is 0 Å². The molecule has 0 amide bonds. The van der Waals surface area contributed by atoms with E-state index in [1.807, 2.05) is 105 Å². The second-order valence-electron chi connectivity index (χ2n) is 8.14. The summed E-state index contributed by atoms with van der Waals surface area (Å²) in [4.78, 5) is 23.5. The summed E-state index contributed by atoms with van der Waals surface area (Å²) in [6.45, 7) is 3.80. The lowest BCUT2D eigenvalue weighted by molar-refractivity contribution is -0.185. The summed E-state index contributed by atoms with van der Waals surface area (Å²) in [6, 6.07) is 30.0. The van der Waals surface area contributed by atoms with E-state index in [1.54, 1.807) is 0 Å². The zero-order valence-electron chi connectivity index (χ0n) is 18.7. The number of carbonyl (C=O) groups is 1. The minimum atomic E-state index is -2.91. The first-order valence-corrected chi connectivity index (χ1v) is 12.7. The smallest absolute Gasteiger partial charge is 0.488 e. The van der Waals surface area contributed by atoms with Crippen molar-refractivity contribution >= 4 is 25.1 Å². The predicted octanol–water partition coefficient (Wildman–Crippen LogP) is 5.32. The number of thioether (sulfide) groups is 1. The number of rotatable bonds is 11. The van der Waals surface area contributed by atoms with Gasteiger partial charge in [-0.15, -0.1) is 4.52 Å². The summed E-state index contributed by atoms with van der Waals surface area (Å²) in [5, 5.41) is -0.0877. The lowest BCUT2D eigenvalue weighted by Gasteiger charge is -2.38. The molecule has 33 heavy (non-hydrogen) atoms. The van der Waals surface area contributed by atoms with Crippen LogP contribution in [0.4, 0.5) is 0 Å². The van der Waals surface area contributed by atoms with Crippen molar-refractivity contribution < 1.29 is 23.5 Å². The summed E-state index contributed by atoms with van der Waals surface area (Å²) in [7, 11) is -2.91. The minimum Gasteiger partial charge on any atom is -0.566 e. The molecule has 0 N–H and O–H groups in total. The van der Waals surface area contributed by atoms with E-state index in [4.69, 9.17) is 4.74 Å².